The molecule has 0 radical (unpaired) electrons. The third-order valence-electron chi connectivity index (χ3n) is 9.53. The predicted octanol–water partition coefficient (Wildman–Crippen LogP) is 12.7. The Bertz CT molecular complexity index is 2290. The first-order valence-corrected chi connectivity index (χ1v) is 16.2. The smallest absolute Gasteiger partial charge is 0.00201 e. The van der Waals surface area contributed by atoms with Crippen LogP contribution >= 0.6 is 0 Å². The van der Waals surface area contributed by atoms with E-state index in [1.54, 1.807) is 0 Å². The Kier molecular flexibility index (Phi) is 6.84. The van der Waals surface area contributed by atoms with Gasteiger partial charge in [-0.15, -0.1) is 11.7 Å². The summed E-state index contributed by atoms with van der Waals surface area (Å²) in [7, 11) is 0. The molecule has 1 heterocycles. The molecule has 0 saturated heterocycles. The Labute approximate surface area is 271 Å². The highest BCUT2D eigenvalue weighted by Crippen LogP contribution is 2.46. The van der Waals surface area contributed by atoms with E-state index in [2.05, 4.69) is 167 Å². The second-order valence-electron chi connectivity index (χ2n) is 12.7. The second kappa shape index (κ2) is 11.2. The molecule has 7 aromatic carbocycles. The molecule has 1 aliphatic heterocycles. The van der Waals surface area contributed by atoms with Crippen LogP contribution in [0.2, 0.25) is 0 Å². The van der Waals surface area contributed by atoms with Crippen LogP contribution in [0.3, 0.4) is 0 Å². The fourth-order valence-electron chi connectivity index (χ4n) is 7.67. The van der Waals surface area contributed by atoms with Gasteiger partial charge < -0.3 is 5.32 Å². The van der Waals surface area contributed by atoms with Gasteiger partial charge in [0, 0.05) is 0 Å². The molecule has 8 rings (SSSR count). The summed E-state index contributed by atoms with van der Waals surface area (Å²) in [4.78, 5) is 0. The molecule has 7 aromatic rings. The normalized spacial score (nSPS) is 14.5. The number of hydrogen-bond acceptors (Lipinski definition) is 0. The van der Waals surface area contributed by atoms with Gasteiger partial charge in [0.2, 0.25) is 0 Å². The van der Waals surface area contributed by atoms with E-state index >= 15 is 0 Å². The van der Waals surface area contributed by atoms with Crippen molar-refractivity contribution < 1.29 is 0 Å². The fraction of sp³-hybridized carbons (Fsp3) is 0.111. The average Bonchev–Trinajstić information content (AvgIpc) is 3.07. The number of fused-ring (bicyclic) bond motifs is 3. The van der Waals surface area contributed by atoms with Crippen molar-refractivity contribution in [2.24, 2.45) is 0 Å². The van der Waals surface area contributed by atoms with Gasteiger partial charge in [-0.05, 0) is 103 Å². The van der Waals surface area contributed by atoms with E-state index in [4.69, 9.17) is 5.32 Å². The van der Waals surface area contributed by atoms with Crippen molar-refractivity contribution in [3.8, 4) is 33.4 Å². The second-order valence-corrected chi connectivity index (χ2v) is 12.7. The van der Waals surface area contributed by atoms with E-state index in [-0.39, 0.29) is 6.04 Å². The van der Waals surface area contributed by atoms with Gasteiger partial charge >= 0.3 is 0 Å². The molecule has 0 aliphatic carbocycles. The largest absolute Gasteiger partial charge is 0.678 e. The monoisotopic (exact) mass is 590 g/mol. The molecule has 0 N–H and O–H groups in total. The van der Waals surface area contributed by atoms with Gasteiger partial charge in [-0.2, -0.15) is 0 Å². The van der Waals surface area contributed by atoms with Gasteiger partial charge in [-0.3, -0.25) is 0 Å². The Morgan fingerprint density at radius 1 is 0.478 bits per heavy atom. The standard InChI is InChI=1S/C45H36N/c1-28-26-29(2)43(30(3)27-28)36-19-10-18-35-34(36)17-11-20-37(35)45-40-15-7-5-13-38(40)44(39-14-6-8-16-41(39)45)33-24-22-32(23-25-33)42-21-9-12-31(4)46-42/h5-27,31H,1-4H3/q-1. The molecule has 1 atom stereocenters. The molecule has 1 aliphatic rings. The van der Waals surface area contributed by atoms with E-state index in [0.29, 0.717) is 0 Å². The first-order chi connectivity index (χ1) is 22.5. The molecule has 0 saturated carbocycles. The molecule has 0 spiro atoms. The predicted molar refractivity (Wildman–Crippen MR) is 199 cm³/mol. The molecule has 222 valence electrons. The minimum Gasteiger partial charge on any atom is -0.678 e. The van der Waals surface area contributed by atoms with E-state index in [1.807, 2.05) is 0 Å². The lowest BCUT2D eigenvalue weighted by Crippen LogP contribution is -2.00. The lowest BCUT2D eigenvalue weighted by molar-refractivity contribution is 1.05. The third-order valence-corrected chi connectivity index (χ3v) is 9.53. The number of rotatable bonds is 4. The molecular formula is C45H36N-. The van der Waals surface area contributed by atoms with Crippen molar-refractivity contribution in [3.05, 3.63) is 167 Å². The van der Waals surface area contributed by atoms with E-state index in [9.17, 15) is 0 Å². The molecule has 1 heteroatoms. The Morgan fingerprint density at radius 3 is 1.50 bits per heavy atom. The SMILES string of the molecule is Cc1cc(C)c(-c2cccc3c(-c4c5ccccc5c(-c5ccc(C6=CC=CC(C)[N-]6)cc5)c5ccccc45)cccc23)c(C)c1. The number of benzene rings is 7. The molecular weight excluding hydrogens is 555 g/mol. The zero-order chi connectivity index (χ0) is 31.4. The first-order valence-electron chi connectivity index (χ1n) is 16.2. The molecule has 1 nitrogen and oxygen atoms in total. The summed E-state index contributed by atoms with van der Waals surface area (Å²) >= 11 is 0. The highest BCUT2D eigenvalue weighted by Gasteiger charge is 2.19. The molecule has 46 heavy (non-hydrogen) atoms. The van der Waals surface area contributed by atoms with Gasteiger partial charge in [-0.1, -0.05) is 152 Å². The van der Waals surface area contributed by atoms with Crippen LogP contribution in [0.15, 0.2) is 140 Å². The zero-order valence-corrected chi connectivity index (χ0v) is 26.8. The van der Waals surface area contributed by atoms with Gasteiger partial charge in [0.25, 0.3) is 0 Å². The van der Waals surface area contributed by atoms with Crippen LogP contribution in [-0.2, 0) is 0 Å². The Hall–Kier alpha value is -5.40. The highest BCUT2D eigenvalue weighted by atomic mass is 14.9. The third kappa shape index (κ3) is 4.63. The van der Waals surface area contributed by atoms with Crippen molar-refractivity contribution >= 4 is 38.0 Å². The molecule has 0 bridgehead atoms. The van der Waals surface area contributed by atoms with E-state index in [1.165, 1.54) is 82.4 Å². The van der Waals surface area contributed by atoms with Crippen LogP contribution in [0.4, 0.5) is 0 Å². The minimum absolute atomic E-state index is 0.204. The summed E-state index contributed by atoms with van der Waals surface area (Å²) in [5, 5.41) is 12.5. The Balaban J connectivity index is 1.37. The van der Waals surface area contributed by atoms with Crippen molar-refractivity contribution in [3.63, 3.8) is 0 Å². The summed E-state index contributed by atoms with van der Waals surface area (Å²) in [6.07, 6.45) is 6.34. The highest BCUT2D eigenvalue weighted by molar-refractivity contribution is 6.24. The number of nitrogens with zero attached hydrogens (tertiary/aromatic N) is 1. The maximum atomic E-state index is 4.84. The summed E-state index contributed by atoms with van der Waals surface area (Å²) in [6.45, 7) is 8.78. The molecule has 0 aromatic heterocycles. The summed E-state index contributed by atoms with van der Waals surface area (Å²) in [5.74, 6) is 0. The molecule has 0 fully saturated rings. The van der Waals surface area contributed by atoms with Gasteiger partial charge in [0.1, 0.15) is 0 Å². The zero-order valence-electron chi connectivity index (χ0n) is 26.8. The summed E-state index contributed by atoms with van der Waals surface area (Å²) in [6, 6.07) is 45.3. The summed E-state index contributed by atoms with van der Waals surface area (Å²) < 4.78 is 0. The number of allylic oxidation sites excluding steroid dienone is 2. The van der Waals surface area contributed by atoms with E-state index < -0.39 is 0 Å². The van der Waals surface area contributed by atoms with Gasteiger partial charge in [0.05, 0.1) is 0 Å². The van der Waals surface area contributed by atoms with Crippen LogP contribution < -0.4 is 0 Å². The number of aryl methyl sites for hydroxylation is 3. The van der Waals surface area contributed by atoms with Crippen LogP contribution in [0.5, 0.6) is 0 Å². The Morgan fingerprint density at radius 2 is 0.957 bits per heavy atom. The van der Waals surface area contributed by atoms with E-state index in [0.717, 1.165) is 11.3 Å². The van der Waals surface area contributed by atoms with Crippen molar-refractivity contribution in [2.75, 3.05) is 0 Å². The molecule has 1 unspecified atom stereocenters. The topological polar surface area (TPSA) is 14.1 Å². The van der Waals surface area contributed by atoms with Crippen molar-refractivity contribution in [2.45, 2.75) is 33.7 Å². The molecule has 0 amide bonds. The average molecular weight is 591 g/mol. The lowest BCUT2D eigenvalue weighted by atomic mass is 9.83. The van der Waals surface area contributed by atoms with Gasteiger partial charge in [-0.25, -0.2) is 0 Å². The van der Waals surface area contributed by atoms with Crippen LogP contribution in [0, 0.1) is 20.8 Å². The summed E-state index contributed by atoms with van der Waals surface area (Å²) in [5.41, 5.74) is 13.8. The van der Waals surface area contributed by atoms with Crippen LogP contribution in [0.25, 0.3) is 76.7 Å². The first kappa shape index (κ1) is 28.1. The lowest BCUT2D eigenvalue weighted by Gasteiger charge is -2.33. The maximum absolute atomic E-state index is 4.84. The van der Waals surface area contributed by atoms with Crippen molar-refractivity contribution in [1.29, 1.82) is 0 Å². The van der Waals surface area contributed by atoms with Crippen LogP contribution in [0.1, 0.15) is 29.2 Å². The van der Waals surface area contributed by atoms with Crippen molar-refractivity contribution in [1.82, 2.24) is 0 Å². The fourth-order valence-corrected chi connectivity index (χ4v) is 7.67. The minimum atomic E-state index is 0.204. The maximum Gasteiger partial charge on any atom is -0.00201 e. The quantitative estimate of drug-likeness (QED) is 0.181. The van der Waals surface area contributed by atoms with Gasteiger partial charge in [0.15, 0.2) is 0 Å². The number of hydrogen-bond donors (Lipinski definition) is 0. The van der Waals surface area contributed by atoms with Crippen LogP contribution in [-0.4, -0.2) is 6.04 Å².